The molecule has 0 aliphatic carbocycles. The summed E-state index contributed by atoms with van der Waals surface area (Å²) in [6.07, 6.45) is 1.38. The van der Waals surface area contributed by atoms with Crippen molar-refractivity contribution in [2.45, 2.75) is 24.1 Å². The molecule has 0 radical (unpaired) electrons. The highest BCUT2D eigenvalue weighted by Crippen LogP contribution is 2.20. The van der Waals surface area contributed by atoms with Crippen molar-refractivity contribution in [2.24, 2.45) is 0 Å². The van der Waals surface area contributed by atoms with Gasteiger partial charge in [-0.2, -0.15) is 0 Å². The number of hydrogen-bond acceptors (Lipinski definition) is 3. The van der Waals surface area contributed by atoms with Gasteiger partial charge in [0.1, 0.15) is 0 Å². The number of aromatic nitrogens is 1. The number of carboxylic acid groups (broad SMARTS) is 1. The molecular formula is C9H11NO2S. The van der Waals surface area contributed by atoms with E-state index in [-0.39, 0.29) is 5.56 Å². The van der Waals surface area contributed by atoms with Crippen molar-refractivity contribution >= 4 is 17.7 Å². The van der Waals surface area contributed by atoms with Gasteiger partial charge in [0.15, 0.2) is 0 Å². The molecule has 70 valence electrons. The highest BCUT2D eigenvalue weighted by Gasteiger charge is 2.03. The van der Waals surface area contributed by atoms with E-state index in [2.05, 4.69) is 18.8 Å². The van der Waals surface area contributed by atoms with Crippen molar-refractivity contribution in [1.82, 2.24) is 4.98 Å². The Hall–Kier alpha value is -1.03. The van der Waals surface area contributed by atoms with Gasteiger partial charge in [-0.1, -0.05) is 13.8 Å². The highest BCUT2D eigenvalue weighted by atomic mass is 32.2. The van der Waals surface area contributed by atoms with Crippen LogP contribution in [0.2, 0.25) is 0 Å². The molecule has 3 nitrogen and oxygen atoms in total. The van der Waals surface area contributed by atoms with Gasteiger partial charge in [0, 0.05) is 11.4 Å². The minimum absolute atomic E-state index is 0.230. The Labute approximate surface area is 81.2 Å². The molecule has 0 aromatic carbocycles. The van der Waals surface area contributed by atoms with Gasteiger partial charge in [0.2, 0.25) is 0 Å². The second-order valence-electron chi connectivity index (χ2n) is 2.86. The smallest absolute Gasteiger partial charge is 0.337 e. The Balaban J connectivity index is 2.75. The van der Waals surface area contributed by atoms with Crippen LogP contribution in [0.25, 0.3) is 0 Å². The number of nitrogens with zero attached hydrogens (tertiary/aromatic N) is 1. The van der Waals surface area contributed by atoms with Crippen LogP contribution in [0.15, 0.2) is 23.4 Å². The first-order chi connectivity index (χ1) is 6.09. The van der Waals surface area contributed by atoms with Crippen molar-refractivity contribution in [3.05, 3.63) is 23.9 Å². The fraction of sp³-hybridized carbons (Fsp3) is 0.333. The third-order valence-electron chi connectivity index (χ3n) is 1.34. The Morgan fingerprint density at radius 2 is 2.23 bits per heavy atom. The van der Waals surface area contributed by atoms with E-state index in [1.165, 1.54) is 6.20 Å². The zero-order valence-corrected chi connectivity index (χ0v) is 8.34. The number of carbonyl (C=O) groups is 1. The summed E-state index contributed by atoms with van der Waals surface area (Å²) in [7, 11) is 0. The molecule has 1 heterocycles. The number of thioether (sulfide) groups is 1. The quantitative estimate of drug-likeness (QED) is 0.755. The molecule has 0 bridgehead atoms. The first-order valence-electron chi connectivity index (χ1n) is 3.95. The third kappa shape index (κ3) is 3.06. The Morgan fingerprint density at radius 1 is 1.54 bits per heavy atom. The molecule has 1 aromatic rings. The molecule has 0 saturated heterocycles. The summed E-state index contributed by atoms with van der Waals surface area (Å²) in [6.45, 7) is 4.13. The van der Waals surface area contributed by atoms with Crippen molar-refractivity contribution in [3.8, 4) is 0 Å². The van der Waals surface area contributed by atoms with E-state index >= 15 is 0 Å². The maximum atomic E-state index is 10.5. The number of pyridine rings is 1. The van der Waals surface area contributed by atoms with Crippen LogP contribution in [0.5, 0.6) is 0 Å². The second kappa shape index (κ2) is 4.28. The van der Waals surface area contributed by atoms with Crippen LogP contribution in [0.3, 0.4) is 0 Å². The predicted molar refractivity (Wildman–Crippen MR) is 52.2 cm³/mol. The van der Waals surface area contributed by atoms with Crippen LogP contribution >= 0.6 is 11.8 Å². The average Bonchev–Trinajstić information content (AvgIpc) is 2.04. The maximum absolute atomic E-state index is 10.5. The fourth-order valence-corrected chi connectivity index (χ4v) is 1.56. The van der Waals surface area contributed by atoms with E-state index in [1.807, 2.05) is 0 Å². The summed E-state index contributed by atoms with van der Waals surface area (Å²) in [5.74, 6) is -0.936. The molecule has 1 rings (SSSR count). The third-order valence-corrected chi connectivity index (χ3v) is 2.29. The summed E-state index contributed by atoms with van der Waals surface area (Å²) in [6, 6.07) is 3.30. The molecule has 13 heavy (non-hydrogen) atoms. The van der Waals surface area contributed by atoms with Gasteiger partial charge in [0.05, 0.1) is 10.6 Å². The van der Waals surface area contributed by atoms with Gasteiger partial charge in [-0.15, -0.1) is 11.8 Å². The molecule has 0 aliphatic heterocycles. The summed E-state index contributed by atoms with van der Waals surface area (Å²) in [5.41, 5.74) is 0.230. The van der Waals surface area contributed by atoms with Crippen LogP contribution < -0.4 is 0 Å². The predicted octanol–water partition coefficient (Wildman–Crippen LogP) is 2.28. The largest absolute Gasteiger partial charge is 0.478 e. The summed E-state index contributed by atoms with van der Waals surface area (Å²) < 4.78 is 0. The van der Waals surface area contributed by atoms with E-state index in [0.29, 0.717) is 5.25 Å². The van der Waals surface area contributed by atoms with Gasteiger partial charge in [-0.25, -0.2) is 9.78 Å². The van der Waals surface area contributed by atoms with E-state index in [0.717, 1.165) is 5.03 Å². The van der Waals surface area contributed by atoms with Crippen molar-refractivity contribution < 1.29 is 9.90 Å². The average molecular weight is 197 g/mol. The van der Waals surface area contributed by atoms with Crippen molar-refractivity contribution in [1.29, 1.82) is 0 Å². The van der Waals surface area contributed by atoms with Crippen LogP contribution in [0, 0.1) is 0 Å². The molecule has 0 spiro atoms. The highest BCUT2D eigenvalue weighted by molar-refractivity contribution is 7.99. The Kier molecular flexibility index (Phi) is 3.31. The molecule has 0 fully saturated rings. The summed E-state index contributed by atoms with van der Waals surface area (Å²) in [4.78, 5) is 14.5. The minimum Gasteiger partial charge on any atom is -0.478 e. The molecule has 0 atom stereocenters. The topological polar surface area (TPSA) is 50.2 Å². The van der Waals surface area contributed by atoms with E-state index < -0.39 is 5.97 Å². The minimum atomic E-state index is -0.936. The lowest BCUT2D eigenvalue weighted by Gasteiger charge is -2.02. The van der Waals surface area contributed by atoms with Crippen LogP contribution in [-0.4, -0.2) is 21.3 Å². The normalized spacial score (nSPS) is 10.4. The SMILES string of the molecule is CC(C)Sc1ccc(C(=O)O)cn1. The lowest BCUT2D eigenvalue weighted by molar-refractivity contribution is 0.0696. The zero-order valence-electron chi connectivity index (χ0n) is 7.52. The Morgan fingerprint density at radius 3 is 2.62 bits per heavy atom. The van der Waals surface area contributed by atoms with Crippen LogP contribution in [0.4, 0.5) is 0 Å². The molecule has 0 amide bonds. The zero-order chi connectivity index (χ0) is 9.84. The van der Waals surface area contributed by atoms with E-state index in [1.54, 1.807) is 23.9 Å². The first-order valence-corrected chi connectivity index (χ1v) is 4.83. The number of aromatic carboxylic acids is 1. The van der Waals surface area contributed by atoms with Gasteiger partial charge in [-0.3, -0.25) is 0 Å². The monoisotopic (exact) mass is 197 g/mol. The molecular weight excluding hydrogens is 186 g/mol. The number of hydrogen-bond donors (Lipinski definition) is 1. The lowest BCUT2D eigenvalue weighted by atomic mass is 10.3. The summed E-state index contributed by atoms with van der Waals surface area (Å²) in [5, 5.41) is 9.93. The standard InChI is InChI=1S/C9H11NO2S/c1-6(2)13-8-4-3-7(5-10-8)9(11)12/h3-6H,1-2H3,(H,11,12). The maximum Gasteiger partial charge on any atom is 0.337 e. The molecule has 4 heteroatoms. The van der Waals surface area contributed by atoms with Gasteiger partial charge < -0.3 is 5.11 Å². The number of rotatable bonds is 3. The van der Waals surface area contributed by atoms with Crippen molar-refractivity contribution in [2.75, 3.05) is 0 Å². The lowest BCUT2D eigenvalue weighted by Crippen LogP contribution is -1.97. The summed E-state index contributed by atoms with van der Waals surface area (Å²) >= 11 is 1.61. The first kappa shape index (κ1) is 10.1. The van der Waals surface area contributed by atoms with Gasteiger partial charge in [0.25, 0.3) is 0 Å². The molecule has 0 unspecified atom stereocenters. The van der Waals surface area contributed by atoms with E-state index in [4.69, 9.17) is 5.11 Å². The van der Waals surface area contributed by atoms with Gasteiger partial charge in [-0.05, 0) is 12.1 Å². The molecule has 0 aliphatic rings. The Bertz CT molecular complexity index is 295. The van der Waals surface area contributed by atoms with Crippen LogP contribution in [-0.2, 0) is 0 Å². The second-order valence-corrected chi connectivity index (χ2v) is 4.45. The molecule has 0 saturated carbocycles. The molecule has 1 N–H and O–H groups in total. The fourth-order valence-electron chi connectivity index (χ4n) is 0.818. The van der Waals surface area contributed by atoms with E-state index in [9.17, 15) is 4.79 Å². The van der Waals surface area contributed by atoms with Gasteiger partial charge >= 0.3 is 5.97 Å². The number of carboxylic acids is 1. The van der Waals surface area contributed by atoms with Crippen LogP contribution in [0.1, 0.15) is 24.2 Å². The van der Waals surface area contributed by atoms with Crippen molar-refractivity contribution in [3.63, 3.8) is 0 Å². The molecule has 1 aromatic heterocycles.